The highest BCUT2D eigenvalue weighted by molar-refractivity contribution is 5.81. The summed E-state index contributed by atoms with van der Waals surface area (Å²) in [7, 11) is 0. The van der Waals surface area contributed by atoms with Crippen LogP contribution in [0, 0.1) is 5.92 Å². The molecule has 0 saturated heterocycles. The Morgan fingerprint density at radius 2 is 1.82 bits per heavy atom. The Kier molecular flexibility index (Phi) is 4.29. The highest BCUT2D eigenvalue weighted by Crippen LogP contribution is 2.24. The number of carbonyl (C=O) groups is 1. The Morgan fingerprint density at radius 3 is 2.18 bits per heavy atom. The first-order valence-corrected chi connectivity index (χ1v) is 5.84. The second kappa shape index (κ2) is 5.32. The monoisotopic (exact) mass is 236 g/mol. The summed E-state index contributed by atoms with van der Waals surface area (Å²) in [5.41, 5.74) is 0.616. The van der Waals surface area contributed by atoms with Gasteiger partial charge in [-0.15, -0.1) is 0 Å². The summed E-state index contributed by atoms with van der Waals surface area (Å²) in [6, 6.07) is 7.46. The van der Waals surface area contributed by atoms with E-state index in [-0.39, 0.29) is 0 Å². The Labute approximate surface area is 102 Å². The number of carboxylic acid groups (broad SMARTS) is 1. The molecule has 0 aromatic heterocycles. The van der Waals surface area contributed by atoms with Crippen molar-refractivity contribution in [2.75, 3.05) is 6.61 Å². The Bertz CT molecular complexity index is 381. The van der Waals surface area contributed by atoms with E-state index in [2.05, 4.69) is 13.8 Å². The van der Waals surface area contributed by atoms with Crippen molar-refractivity contribution in [3.63, 3.8) is 0 Å². The van der Waals surface area contributed by atoms with E-state index in [1.807, 2.05) is 12.1 Å². The normalized spacial score (nSPS) is 14.6. The molecule has 0 saturated carbocycles. The smallest absolute Gasteiger partial charge is 0.316 e. The van der Waals surface area contributed by atoms with Crippen LogP contribution < -0.4 is 0 Å². The summed E-state index contributed by atoms with van der Waals surface area (Å²) < 4.78 is 0. The number of rotatable bonds is 5. The molecule has 0 radical (unpaired) electrons. The molecule has 0 spiro atoms. The van der Waals surface area contributed by atoms with Crippen LogP contribution in [0.1, 0.15) is 31.9 Å². The molecule has 1 atom stereocenters. The summed E-state index contributed by atoms with van der Waals surface area (Å²) in [5, 5.41) is 18.4. The molecule has 3 nitrogen and oxygen atoms in total. The topological polar surface area (TPSA) is 57.5 Å². The van der Waals surface area contributed by atoms with Gasteiger partial charge in [0.2, 0.25) is 0 Å². The molecule has 1 unspecified atom stereocenters. The molecule has 0 aliphatic carbocycles. The molecule has 0 amide bonds. The molecule has 0 fully saturated rings. The molecule has 0 heterocycles. The summed E-state index contributed by atoms with van der Waals surface area (Å²) in [6.45, 7) is 5.42. The van der Waals surface area contributed by atoms with Crippen LogP contribution in [0.5, 0.6) is 0 Å². The zero-order chi connectivity index (χ0) is 13.1. The van der Waals surface area contributed by atoms with Gasteiger partial charge in [0.15, 0.2) is 0 Å². The van der Waals surface area contributed by atoms with Crippen molar-refractivity contribution in [1.82, 2.24) is 0 Å². The fourth-order valence-electron chi connectivity index (χ4n) is 1.76. The predicted molar refractivity (Wildman–Crippen MR) is 67.1 cm³/mol. The number of benzene rings is 1. The lowest BCUT2D eigenvalue weighted by Crippen LogP contribution is -2.36. The quantitative estimate of drug-likeness (QED) is 0.824. The van der Waals surface area contributed by atoms with Crippen molar-refractivity contribution in [3.8, 4) is 0 Å². The first kappa shape index (κ1) is 13.7. The molecule has 17 heavy (non-hydrogen) atoms. The average molecular weight is 236 g/mol. The predicted octanol–water partition coefficient (Wildman–Crippen LogP) is 2.22. The van der Waals surface area contributed by atoms with Crippen LogP contribution in [0.4, 0.5) is 0 Å². The molecule has 0 aliphatic heterocycles. The second-order valence-electron chi connectivity index (χ2n) is 5.09. The van der Waals surface area contributed by atoms with Crippen LogP contribution in [-0.2, 0) is 16.6 Å². The second-order valence-corrected chi connectivity index (χ2v) is 5.09. The van der Waals surface area contributed by atoms with Gasteiger partial charge in [0.1, 0.15) is 5.41 Å². The summed E-state index contributed by atoms with van der Waals surface area (Å²) >= 11 is 0. The maximum atomic E-state index is 11.2. The van der Waals surface area contributed by atoms with Crippen LogP contribution in [0.2, 0.25) is 0 Å². The van der Waals surface area contributed by atoms with Gasteiger partial charge in [-0.2, -0.15) is 0 Å². The zero-order valence-corrected chi connectivity index (χ0v) is 10.6. The molecular formula is C14H20O3. The summed E-state index contributed by atoms with van der Waals surface area (Å²) in [5.74, 6) is -0.429. The molecular weight excluding hydrogens is 216 g/mol. The fourth-order valence-corrected chi connectivity index (χ4v) is 1.76. The van der Waals surface area contributed by atoms with Crippen molar-refractivity contribution in [3.05, 3.63) is 35.4 Å². The Hall–Kier alpha value is -1.35. The fraction of sp³-hybridized carbons (Fsp3) is 0.500. The van der Waals surface area contributed by atoms with Gasteiger partial charge in [0.25, 0.3) is 0 Å². The Morgan fingerprint density at radius 1 is 1.29 bits per heavy atom. The third-order valence-electron chi connectivity index (χ3n) is 3.02. The molecule has 1 aromatic carbocycles. The number of carboxylic acids is 1. The third-order valence-corrected chi connectivity index (χ3v) is 3.02. The van der Waals surface area contributed by atoms with E-state index in [1.54, 1.807) is 12.1 Å². The van der Waals surface area contributed by atoms with Gasteiger partial charge in [0.05, 0.1) is 6.61 Å². The highest BCUT2D eigenvalue weighted by atomic mass is 16.4. The van der Waals surface area contributed by atoms with Gasteiger partial charge in [-0.05, 0) is 30.4 Å². The van der Waals surface area contributed by atoms with E-state index in [0.29, 0.717) is 11.5 Å². The number of aliphatic carboxylic acids is 1. The van der Waals surface area contributed by atoms with E-state index in [0.717, 1.165) is 6.42 Å². The van der Waals surface area contributed by atoms with Gasteiger partial charge >= 0.3 is 5.97 Å². The molecule has 3 heteroatoms. The summed E-state index contributed by atoms with van der Waals surface area (Å²) in [6.07, 6.45) is 0.975. The molecule has 94 valence electrons. The molecule has 2 N–H and O–H groups in total. The lowest BCUT2D eigenvalue weighted by Gasteiger charge is -2.22. The Balaban J connectivity index is 2.97. The van der Waals surface area contributed by atoms with Gasteiger partial charge in [0, 0.05) is 0 Å². The maximum Gasteiger partial charge on any atom is 0.316 e. The van der Waals surface area contributed by atoms with Crippen molar-refractivity contribution in [1.29, 1.82) is 0 Å². The van der Waals surface area contributed by atoms with Crippen molar-refractivity contribution in [2.45, 2.75) is 32.6 Å². The van der Waals surface area contributed by atoms with Crippen molar-refractivity contribution < 1.29 is 15.0 Å². The van der Waals surface area contributed by atoms with E-state index in [9.17, 15) is 9.90 Å². The van der Waals surface area contributed by atoms with E-state index >= 15 is 0 Å². The standard InChI is InChI=1S/C14H20O3/c1-10(2)8-11-4-6-12(7-5-11)14(3,9-15)13(16)17/h4-7,10,15H,8-9H2,1-3H3,(H,16,17). The van der Waals surface area contributed by atoms with Crippen molar-refractivity contribution >= 4 is 5.97 Å². The molecule has 1 aromatic rings. The average Bonchev–Trinajstić information content (AvgIpc) is 2.28. The lowest BCUT2D eigenvalue weighted by atomic mass is 9.83. The van der Waals surface area contributed by atoms with Crippen LogP contribution in [0.15, 0.2) is 24.3 Å². The van der Waals surface area contributed by atoms with E-state index in [4.69, 9.17) is 5.11 Å². The molecule has 0 aliphatic rings. The van der Waals surface area contributed by atoms with Gasteiger partial charge in [-0.1, -0.05) is 38.1 Å². The van der Waals surface area contributed by atoms with Gasteiger partial charge < -0.3 is 10.2 Å². The van der Waals surface area contributed by atoms with E-state index < -0.39 is 18.0 Å². The lowest BCUT2D eigenvalue weighted by molar-refractivity contribution is -0.144. The van der Waals surface area contributed by atoms with Crippen LogP contribution in [-0.4, -0.2) is 22.8 Å². The van der Waals surface area contributed by atoms with Crippen molar-refractivity contribution in [2.24, 2.45) is 5.92 Å². The largest absolute Gasteiger partial charge is 0.481 e. The SMILES string of the molecule is CC(C)Cc1ccc(C(C)(CO)C(=O)O)cc1. The number of aliphatic hydroxyl groups excluding tert-OH is 1. The summed E-state index contributed by atoms with van der Waals surface area (Å²) in [4.78, 5) is 11.2. The molecule has 1 rings (SSSR count). The van der Waals surface area contributed by atoms with Crippen LogP contribution >= 0.6 is 0 Å². The minimum absolute atomic E-state index is 0.397. The molecule has 0 bridgehead atoms. The maximum absolute atomic E-state index is 11.2. The zero-order valence-electron chi connectivity index (χ0n) is 10.6. The number of hydrogen-bond donors (Lipinski definition) is 2. The highest BCUT2D eigenvalue weighted by Gasteiger charge is 2.34. The van der Waals surface area contributed by atoms with E-state index in [1.165, 1.54) is 12.5 Å². The van der Waals surface area contributed by atoms with Crippen LogP contribution in [0.3, 0.4) is 0 Å². The first-order chi connectivity index (χ1) is 7.90. The first-order valence-electron chi connectivity index (χ1n) is 5.84. The third kappa shape index (κ3) is 3.07. The van der Waals surface area contributed by atoms with Crippen LogP contribution in [0.25, 0.3) is 0 Å². The number of aliphatic hydroxyl groups is 1. The minimum atomic E-state index is -1.21. The number of hydrogen-bond acceptors (Lipinski definition) is 2. The van der Waals surface area contributed by atoms with Gasteiger partial charge in [-0.3, -0.25) is 4.79 Å². The van der Waals surface area contributed by atoms with Gasteiger partial charge in [-0.25, -0.2) is 0 Å². The minimum Gasteiger partial charge on any atom is -0.481 e.